The number of aliphatic hydroxyl groups excluding tert-OH is 5. The van der Waals surface area contributed by atoms with Crippen molar-refractivity contribution in [2.45, 2.75) is 168 Å². The van der Waals surface area contributed by atoms with Gasteiger partial charge in [-0.25, -0.2) is 27.0 Å². The molecule has 4 heterocycles. The smallest absolute Gasteiger partial charge is 0.424 e. The molecule has 0 aliphatic carbocycles. The highest BCUT2D eigenvalue weighted by atomic mass is 32.3. The first-order valence-corrected chi connectivity index (χ1v) is 31.2. The van der Waals surface area contributed by atoms with Crippen molar-refractivity contribution in [3.05, 3.63) is 0 Å². The van der Waals surface area contributed by atoms with E-state index in [1.54, 1.807) is 0 Å². The first kappa shape index (κ1) is 77.7. The molecule has 89 heavy (non-hydrogen) atoms. The monoisotopic (exact) mass is 1380 g/mol. The van der Waals surface area contributed by atoms with Crippen molar-refractivity contribution in [3.63, 3.8) is 0 Å². The van der Waals surface area contributed by atoms with Gasteiger partial charge in [0.05, 0.1) is 58.3 Å². The number of amides is 2. The minimum absolute atomic E-state index is 0.367. The van der Waals surface area contributed by atoms with Gasteiger partial charge in [0.25, 0.3) is 5.79 Å². The van der Waals surface area contributed by atoms with Crippen LogP contribution in [0.3, 0.4) is 0 Å². The minimum Gasteiger partial charge on any atom is -0.479 e. The van der Waals surface area contributed by atoms with Crippen LogP contribution in [-0.4, -0.2) is 291 Å². The lowest BCUT2D eigenvalue weighted by atomic mass is 9.71. The Morgan fingerprint density at radius 2 is 1.02 bits per heavy atom. The molecule has 8 unspecified atom stereocenters. The summed E-state index contributed by atoms with van der Waals surface area (Å²) < 4.78 is 214. The van der Waals surface area contributed by atoms with Crippen molar-refractivity contribution in [3.8, 4) is 0 Å². The number of rotatable bonds is 30. The third-order valence-corrected chi connectivity index (χ3v) is 16.9. The van der Waals surface area contributed by atoms with E-state index in [9.17, 15) is 112 Å². The maximum atomic E-state index is 13.8. The van der Waals surface area contributed by atoms with Gasteiger partial charge in [0.15, 0.2) is 17.5 Å². The molecule has 41 nitrogen and oxygen atoms in total. The van der Waals surface area contributed by atoms with Gasteiger partial charge in [-0.3, -0.25) is 32.6 Å². The molecule has 2 amide bonds. The number of carbonyl (C=O) groups is 5. The van der Waals surface area contributed by atoms with Crippen LogP contribution in [0.4, 0.5) is 0 Å². The first-order chi connectivity index (χ1) is 40.4. The van der Waals surface area contributed by atoms with Crippen molar-refractivity contribution >= 4 is 71.3 Å². The average molecular weight is 1380 g/mol. The minimum atomic E-state index is -6.32. The number of carbonyl (C=O) groups excluding carboxylic acids is 3. The number of aliphatic hydroxyl groups is 5. The summed E-state index contributed by atoms with van der Waals surface area (Å²) in [4.78, 5) is 70.1. The fourth-order valence-corrected chi connectivity index (χ4v) is 13.2. The second-order valence-electron chi connectivity index (χ2n) is 22.3. The summed E-state index contributed by atoms with van der Waals surface area (Å²) in [5.41, 5.74) is -20.3. The Kier molecular flexibility index (Phi) is 24.5. The van der Waals surface area contributed by atoms with Crippen molar-refractivity contribution in [1.29, 1.82) is 0 Å². The van der Waals surface area contributed by atoms with Gasteiger partial charge in [-0.05, 0) is 41.5 Å². The van der Waals surface area contributed by atoms with E-state index in [4.69, 9.17) is 60.6 Å². The van der Waals surface area contributed by atoms with Crippen LogP contribution in [0.2, 0.25) is 0 Å². The van der Waals surface area contributed by atoms with E-state index in [1.165, 1.54) is 7.11 Å². The molecule has 4 aliphatic rings. The Morgan fingerprint density at radius 1 is 0.539 bits per heavy atom. The third-order valence-electron chi connectivity index (χ3n) is 15.2. The van der Waals surface area contributed by atoms with Crippen LogP contribution in [-0.2, 0) is 135 Å². The van der Waals surface area contributed by atoms with Crippen molar-refractivity contribution in [1.82, 2.24) is 10.6 Å². The van der Waals surface area contributed by atoms with E-state index in [1.807, 2.05) is 0 Å². The maximum absolute atomic E-state index is 13.8. The van der Waals surface area contributed by atoms with Gasteiger partial charge in [0.1, 0.15) is 71.7 Å². The zero-order valence-electron chi connectivity index (χ0n) is 49.1. The summed E-state index contributed by atoms with van der Waals surface area (Å²) in [6.07, 6.45) is -19.8. The van der Waals surface area contributed by atoms with E-state index in [-0.39, 0.29) is 6.61 Å². The molecule has 4 fully saturated rings. The average Bonchev–Trinajstić information content (AvgIpc) is 0.836. The summed E-state index contributed by atoms with van der Waals surface area (Å²) in [5, 5.41) is 84.3. The van der Waals surface area contributed by atoms with Crippen molar-refractivity contribution < 1.29 is 181 Å². The van der Waals surface area contributed by atoms with Gasteiger partial charge >= 0.3 is 59.5 Å². The lowest BCUT2D eigenvalue weighted by Crippen LogP contribution is -2.81. The van der Waals surface area contributed by atoms with Crippen LogP contribution < -0.4 is 10.6 Å². The largest absolute Gasteiger partial charge is 0.479 e. The molecule has 0 saturated carbocycles. The molecule has 0 aromatic rings. The number of hydrogen-bond acceptors (Lipinski definition) is 33. The Labute approximate surface area is 508 Å². The van der Waals surface area contributed by atoms with Gasteiger partial charge in [0, 0.05) is 46.8 Å². The normalized spacial score (nSPS) is 39.8. The van der Waals surface area contributed by atoms with Crippen LogP contribution in [0.25, 0.3) is 0 Å². The van der Waals surface area contributed by atoms with Crippen LogP contribution in [0.5, 0.6) is 0 Å². The van der Waals surface area contributed by atoms with Crippen molar-refractivity contribution in [2.24, 2.45) is 11.8 Å². The number of ether oxygens (including phenoxy) is 10. The lowest BCUT2D eigenvalue weighted by molar-refractivity contribution is -0.440. The number of methoxy groups -OCH3 is 2. The van der Waals surface area contributed by atoms with Crippen LogP contribution in [0.1, 0.15) is 62.3 Å². The zero-order valence-corrected chi connectivity index (χ0v) is 52.3. The summed E-state index contributed by atoms with van der Waals surface area (Å²) in [7, 11) is -21.3. The summed E-state index contributed by atoms with van der Waals surface area (Å²) >= 11 is 0. The molecular weight excluding hydrogens is 1310 g/mol. The Balaban J connectivity index is 1.93. The van der Waals surface area contributed by atoms with E-state index >= 15 is 0 Å². The summed E-state index contributed by atoms with van der Waals surface area (Å²) in [6, 6.07) is -3.75. The van der Waals surface area contributed by atoms with Crippen LogP contribution >= 0.6 is 0 Å². The highest BCUT2D eigenvalue weighted by Gasteiger charge is 2.76. The molecule has 518 valence electrons. The number of hydrogen-bond donors (Lipinski definition) is 13. The third kappa shape index (κ3) is 17.2. The Bertz CT molecular complexity index is 3040. The lowest BCUT2D eigenvalue weighted by Gasteiger charge is -2.59. The van der Waals surface area contributed by atoms with Crippen molar-refractivity contribution in [2.75, 3.05) is 67.1 Å². The van der Waals surface area contributed by atoms with Gasteiger partial charge in [-0.1, -0.05) is 4.33 Å². The quantitative estimate of drug-likeness (QED) is 0.0105. The van der Waals surface area contributed by atoms with Gasteiger partial charge < -0.3 is 93.7 Å². The number of esters is 1. The predicted octanol–water partition coefficient (Wildman–Crippen LogP) is -6.51. The number of carboxylic acids is 2. The molecule has 0 spiro atoms. The molecule has 4 aliphatic heterocycles. The maximum Gasteiger partial charge on any atom is 0.424 e. The topological polar surface area (TPSA) is 607 Å². The Hall–Kier alpha value is -3.77. The molecule has 45 heteroatoms. The molecule has 4 saturated heterocycles. The molecule has 4 rings (SSSR count). The highest BCUT2D eigenvalue weighted by Crippen LogP contribution is 2.51. The first-order valence-electron chi connectivity index (χ1n) is 25.7. The summed E-state index contributed by atoms with van der Waals surface area (Å²) in [5.74, 6) is -15.7. The number of carboxylic acid groups (broad SMARTS) is 2. The second kappa shape index (κ2) is 28.0. The predicted molar refractivity (Wildman–Crippen MR) is 279 cm³/mol. The van der Waals surface area contributed by atoms with Gasteiger partial charge in [0.2, 0.25) is 17.4 Å². The second-order valence-corrected chi connectivity index (χ2v) is 26.4. The van der Waals surface area contributed by atoms with Gasteiger partial charge in [-0.2, -0.15) is 33.7 Å². The SMILES string of the molecule is COC[C@@H]1OC(C)(CO)[C@H](OOS(=O)(=O)O)[C@@H](COC[C@]2(C)OC(C)(C(=O)O)[C@](O[C@@H]3OC(C)(COC(C)=O)[C@H](OS(=O)(=O)O)[C@@H](COC[C@]4(C)OC(C)(C(=O)O)[C@](COC)(OS(=O)(=O)O)[C@@H](O)C4O)C3NC(C)=O)(OS(=O)(=O)O)[C@@H](O)C2O)C1NC(C)=O. The molecule has 13 N–H and O–H groups in total. The van der Waals surface area contributed by atoms with Crippen LogP contribution in [0.15, 0.2) is 0 Å². The zero-order chi connectivity index (χ0) is 68.5. The van der Waals surface area contributed by atoms with E-state index in [2.05, 4.69) is 19.2 Å². The molecule has 0 aromatic carbocycles. The summed E-state index contributed by atoms with van der Waals surface area (Å²) in [6.45, 7) is -1.24. The van der Waals surface area contributed by atoms with E-state index < -0.39 is 235 Å². The number of aliphatic carboxylic acids is 2. The highest BCUT2D eigenvalue weighted by molar-refractivity contribution is 7.81. The standard InChI is InChI=1S/C44H74N2O39S4/c1-20(48)45-26-23(32(79-85-89(68,69)70)37(4,15-47)76-25(26)14-71-10)12-73-17-39(6)29(52)31(54)44(84-88(65,66)67,42(9,82-39)36(57)58)78-34-27(46-21(2)49)24(33(80-86(59,60)61)40(7,77-34)18-75-22(3)50)13-74-16-38(5)28(51)30(53)43(19-72-11,83-87(62,63)64)41(8,81-38)35(55)56/h23-34,47,51-54H,12-19H2,1-11H3,(H,45,48)(H,46,49)(H,55,56)(H,57,58)(H,59,60,61)(H,62,63,64)(H,65,66,67)(H,68,69,70)/t23-,24-,25-,26?,27?,28?,29?,30-,31-,32+,33+,34-,37?,38-,39-,40?,41?,42?,43+,44+/m0/s1. The Morgan fingerprint density at radius 3 is 1.45 bits per heavy atom. The molecule has 0 bridgehead atoms. The fourth-order valence-electron chi connectivity index (χ4n) is 11.1. The molecule has 20 atom stereocenters. The van der Waals surface area contributed by atoms with Crippen LogP contribution in [0, 0.1) is 11.8 Å². The molecule has 0 aromatic heterocycles. The van der Waals surface area contributed by atoms with E-state index in [0.717, 1.165) is 55.6 Å². The molecule has 0 radical (unpaired) electrons. The molecular formula is C44H74N2O39S4. The number of nitrogens with one attached hydrogen (secondary N) is 2. The van der Waals surface area contributed by atoms with E-state index in [0.29, 0.717) is 13.8 Å². The van der Waals surface area contributed by atoms with Gasteiger partial charge in [-0.15, -0.1) is 0 Å². The fraction of sp³-hybridized carbons (Fsp3) is 0.886.